The number of hydrogen-bond donors (Lipinski definition) is 2. The second-order valence-electron chi connectivity index (χ2n) is 5.71. The Morgan fingerprint density at radius 2 is 2.05 bits per heavy atom. The molecule has 0 bridgehead atoms. The maximum Gasteiger partial charge on any atom is 0.326 e. The molecule has 5 nitrogen and oxygen atoms in total. The number of benzene rings is 1. The molecule has 1 saturated heterocycles. The summed E-state index contributed by atoms with van der Waals surface area (Å²) in [6.45, 7) is 2.39. The highest BCUT2D eigenvalue weighted by molar-refractivity contribution is 5.84. The Morgan fingerprint density at radius 3 is 2.67 bits per heavy atom. The smallest absolute Gasteiger partial charge is 0.326 e. The van der Waals surface area contributed by atoms with Gasteiger partial charge in [-0.1, -0.05) is 37.3 Å². The molecule has 1 heterocycles. The van der Waals surface area contributed by atoms with E-state index >= 15 is 0 Å². The van der Waals surface area contributed by atoms with E-state index in [9.17, 15) is 14.7 Å². The van der Waals surface area contributed by atoms with E-state index in [1.807, 2.05) is 37.3 Å². The lowest BCUT2D eigenvalue weighted by Crippen LogP contribution is -2.52. The Labute approximate surface area is 124 Å². The van der Waals surface area contributed by atoms with Crippen molar-refractivity contribution in [1.82, 2.24) is 4.90 Å². The molecule has 0 saturated carbocycles. The van der Waals surface area contributed by atoms with Gasteiger partial charge in [0.1, 0.15) is 6.04 Å². The molecular weight excluding hydrogens is 268 g/mol. The molecule has 1 fully saturated rings. The average molecular weight is 290 g/mol. The van der Waals surface area contributed by atoms with Crippen LogP contribution in [0, 0.1) is 5.92 Å². The number of aliphatic carboxylic acids is 1. The second-order valence-corrected chi connectivity index (χ2v) is 5.71. The minimum atomic E-state index is -0.927. The van der Waals surface area contributed by atoms with E-state index in [0.717, 1.165) is 18.4 Å². The average Bonchev–Trinajstić information content (AvgIpc) is 2.47. The zero-order valence-corrected chi connectivity index (χ0v) is 12.2. The summed E-state index contributed by atoms with van der Waals surface area (Å²) < 4.78 is 0. The SMILES string of the molecule is CC1CCCN(C(=O)CC(N)c2ccccc2)C1C(=O)O. The molecule has 1 aromatic rings. The van der Waals surface area contributed by atoms with Gasteiger partial charge in [0.15, 0.2) is 0 Å². The summed E-state index contributed by atoms with van der Waals surface area (Å²) in [5, 5.41) is 9.35. The van der Waals surface area contributed by atoms with Crippen LogP contribution in [0.1, 0.15) is 37.8 Å². The van der Waals surface area contributed by atoms with E-state index in [1.54, 1.807) is 0 Å². The molecule has 1 amide bonds. The molecule has 1 aliphatic heterocycles. The van der Waals surface area contributed by atoms with E-state index < -0.39 is 18.1 Å². The Morgan fingerprint density at radius 1 is 1.38 bits per heavy atom. The van der Waals surface area contributed by atoms with Crippen LogP contribution < -0.4 is 5.73 Å². The van der Waals surface area contributed by atoms with Crippen molar-refractivity contribution in [2.24, 2.45) is 11.7 Å². The molecule has 2 rings (SSSR count). The Bertz CT molecular complexity index is 504. The van der Waals surface area contributed by atoms with E-state index in [2.05, 4.69) is 0 Å². The highest BCUT2D eigenvalue weighted by Gasteiger charge is 2.37. The number of nitrogens with two attached hydrogens (primary N) is 1. The second kappa shape index (κ2) is 6.72. The first-order chi connectivity index (χ1) is 10.0. The first-order valence-corrected chi connectivity index (χ1v) is 7.33. The molecule has 0 aromatic heterocycles. The zero-order chi connectivity index (χ0) is 15.4. The molecular formula is C16H22N2O3. The third-order valence-corrected chi connectivity index (χ3v) is 4.13. The minimum absolute atomic E-state index is 0.0202. The molecule has 0 aliphatic carbocycles. The molecule has 114 valence electrons. The lowest BCUT2D eigenvalue weighted by atomic mass is 9.90. The zero-order valence-electron chi connectivity index (χ0n) is 12.2. The van der Waals surface area contributed by atoms with Crippen LogP contribution in [0.4, 0.5) is 0 Å². The molecule has 3 N–H and O–H groups in total. The van der Waals surface area contributed by atoms with Crippen LogP contribution in [0.25, 0.3) is 0 Å². The quantitative estimate of drug-likeness (QED) is 0.885. The van der Waals surface area contributed by atoms with Crippen LogP contribution in [-0.2, 0) is 9.59 Å². The molecule has 3 atom stereocenters. The summed E-state index contributed by atoms with van der Waals surface area (Å²) in [5.74, 6) is -1.12. The number of carbonyl (C=O) groups excluding carboxylic acids is 1. The van der Waals surface area contributed by atoms with Crippen LogP contribution in [-0.4, -0.2) is 34.5 Å². The van der Waals surface area contributed by atoms with E-state index in [4.69, 9.17) is 5.73 Å². The number of amides is 1. The number of carboxylic acids is 1. The lowest BCUT2D eigenvalue weighted by molar-refractivity contribution is -0.154. The summed E-state index contributed by atoms with van der Waals surface area (Å²) in [6.07, 6.45) is 1.82. The summed E-state index contributed by atoms with van der Waals surface area (Å²) >= 11 is 0. The van der Waals surface area contributed by atoms with Crippen molar-refractivity contribution in [1.29, 1.82) is 0 Å². The largest absolute Gasteiger partial charge is 0.480 e. The van der Waals surface area contributed by atoms with Crippen molar-refractivity contribution >= 4 is 11.9 Å². The number of carbonyl (C=O) groups is 2. The van der Waals surface area contributed by atoms with Crippen molar-refractivity contribution in [3.8, 4) is 0 Å². The van der Waals surface area contributed by atoms with Gasteiger partial charge in [-0.3, -0.25) is 4.79 Å². The monoisotopic (exact) mass is 290 g/mol. The summed E-state index contributed by atoms with van der Waals surface area (Å²) in [6, 6.07) is 8.28. The predicted molar refractivity (Wildman–Crippen MR) is 79.5 cm³/mol. The van der Waals surface area contributed by atoms with Gasteiger partial charge in [-0.25, -0.2) is 4.79 Å². The highest BCUT2D eigenvalue weighted by atomic mass is 16.4. The van der Waals surface area contributed by atoms with Crippen LogP contribution in [0.3, 0.4) is 0 Å². The summed E-state index contributed by atoms with van der Waals surface area (Å²) in [4.78, 5) is 25.3. The molecule has 0 spiro atoms. The van der Waals surface area contributed by atoms with Gasteiger partial charge in [-0.15, -0.1) is 0 Å². The van der Waals surface area contributed by atoms with Gasteiger partial charge in [0.2, 0.25) is 5.91 Å². The number of nitrogens with zero attached hydrogens (tertiary/aromatic N) is 1. The maximum atomic E-state index is 12.4. The standard InChI is InChI=1S/C16H22N2O3/c1-11-6-5-9-18(15(11)16(20)21)14(19)10-13(17)12-7-3-2-4-8-12/h2-4,7-8,11,13,15H,5-6,9-10,17H2,1H3,(H,20,21). The topological polar surface area (TPSA) is 83.6 Å². The highest BCUT2D eigenvalue weighted by Crippen LogP contribution is 2.25. The van der Waals surface area contributed by atoms with E-state index in [1.165, 1.54) is 4.90 Å². The van der Waals surface area contributed by atoms with E-state index in [0.29, 0.717) is 6.54 Å². The molecule has 1 aliphatic rings. The van der Waals surface area contributed by atoms with Gasteiger partial charge >= 0.3 is 5.97 Å². The molecule has 0 radical (unpaired) electrons. The van der Waals surface area contributed by atoms with Crippen LogP contribution in [0.2, 0.25) is 0 Å². The minimum Gasteiger partial charge on any atom is -0.480 e. The fourth-order valence-corrected chi connectivity index (χ4v) is 2.97. The number of rotatable bonds is 4. The van der Waals surface area contributed by atoms with Gasteiger partial charge in [-0.05, 0) is 24.3 Å². The first-order valence-electron chi connectivity index (χ1n) is 7.33. The van der Waals surface area contributed by atoms with Crippen LogP contribution in [0.15, 0.2) is 30.3 Å². The van der Waals surface area contributed by atoms with Gasteiger partial charge in [-0.2, -0.15) is 0 Å². The molecule has 1 aromatic carbocycles. The third kappa shape index (κ3) is 3.61. The number of hydrogen-bond acceptors (Lipinski definition) is 3. The van der Waals surface area contributed by atoms with Gasteiger partial charge in [0.25, 0.3) is 0 Å². The Hall–Kier alpha value is -1.88. The number of carboxylic acid groups (broad SMARTS) is 1. The van der Waals surface area contributed by atoms with Gasteiger partial charge < -0.3 is 15.7 Å². The van der Waals surface area contributed by atoms with Crippen molar-refractivity contribution in [3.63, 3.8) is 0 Å². The van der Waals surface area contributed by atoms with Crippen LogP contribution >= 0.6 is 0 Å². The first kappa shape index (κ1) is 15.5. The predicted octanol–water partition coefficient (Wildman–Crippen LogP) is 1.79. The van der Waals surface area contributed by atoms with Crippen molar-refractivity contribution in [3.05, 3.63) is 35.9 Å². The van der Waals surface area contributed by atoms with Crippen molar-refractivity contribution in [2.75, 3.05) is 6.54 Å². The summed E-state index contributed by atoms with van der Waals surface area (Å²) in [5.41, 5.74) is 6.96. The van der Waals surface area contributed by atoms with E-state index in [-0.39, 0.29) is 18.2 Å². The Balaban J connectivity index is 2.06. The summed E-state index contributed by atoms with van der Waals surface area (Å²) in [7, 11) is 0. The van der Waals surface area contributed by atoms with Gasteiger partial charge in [0.05, 0.1) is 0 Å². The third-order valence-electron chi connectivity index (χ3n) is 4.13. The Kier molecular flexibility index (Phi) is 4.96. The molecule has 21 heavy (non-hydrogen) atoms. The lowest BCUT2D eigenvalue weighted by Gasteiger charge is -2.37. The van der Waals surface area contributed by atoms with Crippen LogP contribution in [0.5, 0.6) is 0 Å². The number of piperidine rings is 1. The normalized spacial score (nSPS) is 23.6. The van der Waals surface area contributed by atoms with Crippen molar-refractivity contribution < 1.29 is 14.7 Å². The van der Waals surface area contributed by atoms with Crippen molar-refractivity contribution in [2.45, 2.75) is 38.3 Å². The fraction of sp³-hybridized carbons (Fsp3) is 0.500. The fourth-order valence-electron chi connectivity index (χ4n) is 2.97. The van der Waals surface area contributed by atoms with Gasteiger partial charge in [0, 0.05) is 19.0 Å². The molecule has 3 unspecified atom stereocenters. The number of likely N-dealkylation sites (tertiary alicyclic amines) is 1. The molecule has 5 heteroatoms. The maximum absolute atomic E-state index is 12.4.